The van der Waals surface area contributed by atoms with E-state index in [9.17, 15) is 0 Å². The summed E-state index contributed by atoms with van der Waals surface area (Å²) in [4.78, 5) is 39.8. The molecule has 0 fully saturated rings. The standard InChI is InChI=1S/C120H152N8O8/c1-7-13-19-25-33-41-65-129-95-73-87(74-96(83-95)130-66-42-34-26-20-14-8-2)115-103-53-49-91(121-103)81-93-51-55-105(123-93)117-89-77-99(133-69-45-37-29-23-17-11-5)85-101(79-89)135-71-47-39-31-32-40-48-72-136-102-80-90(78-100(86-102)134-70-46-38-30-24-18-12-6)118-106-56-52-94(124-106)82-92-50-54-104(122-92)116(88-75-97(131-67-43-35-27-21-15-9-3)84-98(76-88)132-68-44-36-28-22-16-10-4)108-58-62-112(126-108)120(114-64-60-110(118)128-114)119(111-61-57-107(115)125-111)113-63-59-109(117)127-113/h49-64,73-86,121-122,127-128H,7-48,65-72H2,1-6H3. The summed E-state index contributed by atoms with van der Waals surface area (Å²) in [5, 5.41) is 0. The monoisotopic (exact) mass is 1830 g/mol. The van der Waals surface area contributed by atoms with Gasteiger partial charge in [-0.05, 0) is 231 Å². The fourth-order valence-corrected chi connectivity index (χ4v) is 19.3. The first kappa shape index (κ1) is 99.0. The number of nitrogens with zero attached hydrogens (tertiary/aromatic N) is 4. The maximum atomic E-state index is 6.94. The zero-order valence-corrected chi connectivity index (χ0v) is 82.7. The highest BCUT2D eigenvalue weighted by molar-refractivity contribution is 6.05. The average Bonchev–Trinajstić information content (AvgIpc) is 1.60. The lowest BCUT2D eigenvalue weighted by molar-refractivity contribution is 0.286. The van der Waals surface area contributed by atoms with Crippen LogP contribution in [-0.2, 0) is 0 Å². The van der Waals surface area contributed by atoms with Crippen molar-refractivity contribution in [3.63, 3.8) is 0 Å². The van der Waals surface area contributed by atoms with Gasteiger partial charge in [-0.3, -0.25) is 0 Å². The highest BCUT2D eigenvalue weighted by Crippen LogP contribution is 2.46. The van der Waals surface area contributed by atoms with Crippen LogP contribution in [0.4, 0.5) is 0 Å². The van der Waals surface area contributed by atoms with E-state index in [0.29, 0.717) is 64.2 Å². The van der Waals surface area contributed by atoms with Crippen molar-refractivity contribution < 1.29 is 37.9 Å². The molecule has 0 saturated heterocycles. The number of H-pyrrole nitrogens is 4. The van der Waals surface area contributed by atoms with Crippen molar-refractivity contribution in [2.45, 2.75) is 311 Å². The first-order valence-corrected chi connectivity index (χ1v) is 53.1. The van der Waals surface area contributed by atoms with Gasteiger partial charge in [-0.25, -0.2) is 19.9 Å². The zero-order chi connectivity index (χ0) is 93.5. The fourth-order valence-electron chi connectivity index (χ4n) is 19.3. The van der Waals surface area contributed by atoms with E-state index in [1.807, 2.05) is 0 Å². The molecule has 0 unspecified atom stereocenters. The molecule has 0 amide bonds. The first-order valence-electron chi connectivity index (χ1n) is 53.1. The van der Waals surface area contributed by atoms with Crippen LogP contribution >= 0.6 is 0 Å². The maximum Gasteiger partial charge on any atom is 0.123 e. The van der Waals surface area contributed by atoms with Crippen LogP contribution in [0.15, 0.2) is 133 Å². The fraction of sp³-hybridized carbons (Fsp3) is 0.467. The molecule has 0 atom stereocenters. The van der Waals surface area contributed by atoms with Crippen molar-refractivity contribution in [2.24, 2.45) is 0 Å². The Labute approximate surface area is 810 Å². The molecule has 0 aliphatic carbocycles. The SMILES string of the molecule is CCCCCCCCOc1cc(OCCCCCCCC)cc(-c2c3nc(c4c5ccc([nH]5)c(c5nc(cc6ccc2[nH]6)C=C5)-c2cc(OCCCCCCCC)cc(c2)OCCCCCCCCOc2cc(OCCCCCCCC)cc(c2)-c2c5nc(cc6ccc([nH]6)c(-c6cc(OCCCCCCCC)cc(OCCCCCCCC)c6)c6nc(c-4c4ccc2[nH]4)C=C6)C=C5)C=C3)c1. The molecule has 16 nitrogen and oxygen atoms in total. The molecule has 4 aromatic carbocycles. The van der Waals surface area contributed by atoms with E-state index in [2.05, 4.69) is 244 Å². The number of aromatic amines is 4. The van der Waals surface area contributed by atoms with Crippen molar-refractivity contribution >= 4 is 92.7 Å². The summed E-state index contributed by atoms with van der Waals surface area (Å²) in [5.74, 6) is 6.02. The number of aromatic nitrogens is 8. The minimum Gasteiger partial charge on any atom is -0.493 e. The Kier molecular flexibility index (Phi) is 38.8. The number of hydrogen-bond donors (Lipinski definition) is 4. The summed E-state index contributed by atoms with van der Waals surface area (Å²) < 4.78 is 55.3. The molecule has 0 radical (unpaired) electrons. The van der Waals surface area contributed by atoms with Gasteiger partial charge in [-0.15, -0.1) is 0 Å². The van der Waals surface area contributed by atoms with E-state index >= 15 is 0 Å². The summed E-state index contributed by atoms with van der Waals surface area (Å²) >= 11 is 0. The summed E-state index contributed by atoms with van der Waals surface area (Å²) in [6.45, 7) is 18.3. The predicted octanol–water partition coefficient (Wildman–Crippen LogP) is 34.5. The van der Waals surface area contributed by atoms with Crippen LogP contribution in [0, 0.1) is 0 Å². The van der Waals surface area contributed by atoms with Crippen LogP contribution in [-0.4, -0.2) is 92.7 Å². The van der Waals surface area contributed by atoms with Gasteiger partial charge in [0.25, 0.3) is 0 Å². The van der Waals surface area contributed by atoms with Crippen molar-refractivity contribution in [1.82, 2.24) is 39.9 Å². The molecule has 16 heteroatoms. The van der Waals surface area contributed by atoms with Gasteiger partial charge in [-0.1, -0.05) is 260 Å². The summed E-state index contributed by atoms with van der Waals surface area (Å²) in [6.07, 6.45) is 65.0. The third-order valence-electron chi connectivity index (χ3n) is 26.8. The van der Waals surface area contributed by atoms with Crippen molar-refractivity contribution in [3.05, 3.63) is 179 Å². The quantitative estimate of drug-likeness (QED) is 0.0265. The molecule has 0 saturated carbocycles. The molecule has 0 spiro atoms. The minimum absolute atomic E-state index is 0.561. The highest BCUT2D eigenvalue weighted by atomic mass is 16.5. The molecule has 15 rings (SSSR count). The van der Waals surface area contributed by atoms with Gasteiger partial charge in [-0.2, -0.15) is 0 Å². The minimum atomic E-state index is 0.561. The molecular weight excluding hydrogens is 1680 g/mol. The second-order valence-corrected chi connectivity index (χ2v) is 38.0. The third-order valence-corrected chi connectivity index (χ3v) is 26.8. The molecule has 5 aliphatic rings. The number of fused-ring (bicyclic) bond motifs is 23. The van der Waals surface area contributed by atoms with E-state index in [1.54, 1.807) is 0 Å². The smallest absolute Gasteiger partial charge is 0.123 e. The molecule has 136 heavy (non-hydrogen) atoms. The topological polar surface area (TPSA) is 189 Å². The van der Waals surface area contributed by atoms with Crippen molar-refractivity contribution in [2.75, 3.05) is 52.9 Å². The zero-order valence-electron chi connectivity index (χ0n) is 82.7. The normalized spacial score (nSPS) is 13.0. The van der Waals surface area contributed by atoms with Crippen molar-refractivity contribution in [3.8, 4) is 102 Å². The molecule has 5 aliphatic heterocycles. The Morgan fingerprint density at radius 2 is 0.456 bits per heavy atom. The number of rotatable bonds is 50. The van der Waals surface area contributed by atoms with E-state index in [0.717, 1.165) is 296 Å². The number of ether oxygens (including phenoxy) is 8. The number of benzene rings is 4. The summed E-state index contributed by atoms with van der Waals surface area (Å²) in [6, 6.07) is 47.7. The van der Waals surface area contributed by atoms with E-state index in [4.69, 9.17) is 57.8 Å². The molecule has 24 bridgehead atoms. The summed E-state index contributed by atoms with van der Waals surface area (Å²) in [5.41, 5.74) is 21.6. The van der Waals surface area contributed by atoms with Crippen LogP contribution < -0.4 is 37.9 Å². The number of nitrogens with one attached hydrogen (secondary N) is 4. The first-order chi connectivity index (χ1) is 67.2. The van der Waals surface area contributed by atoms with Gasteiger partial charge < -0.3 is 57.8 Å². The van der Waals surface area contributed by atoms with Crippen LogP contribution in [0.25, 0.3) is 148 Å². The molecular formula is C120H152N8O8. The largest absolute Gasteiger partial charge is 0.493 e. The van der Waals surface area contributed by atoms with Crippen LogP contribution in [0.5, 0.6) is 46.0 Å². The molecule has 720 valence electrons. The van der Waals surface area contributed by atoms with E-state index in [1.165, 1.54) is 154 Å². The molecule has 10 aromatic rings. The lowest BCUT2D eigenvalue weighted by Crippen LogP contribution is -2.02. The Balaban J connectivity index is 1.03. The predicted molar refractivity (Wildman–Crippen MR) is 570 cm³/mol. The second-order valence-electron chi connectivity index (χ2n) is 38.0. The van der Waals surface area contributed by atoms with Gasteiger partial charge >= 0.3 is 0 Å². The highest BCUT2D eigenvalue weighted by Gasteiger charge is 2.26. The Hall–Kier alpha value is -11.5. The van der Waals surface area contributed by atoms with Gasteiger partial charge in [0.1, 0.15) is 46.0 Å². The van der Waals surface area contributed by atoms with E-state index < -0.39 is 0 Å². The summed E-state index contributed by atoms with van der Waals surface area (Å²) in [7, 11) is 0. The Bertz CT molecular complexity index is 5550. The van der Waals surface area contributed by atoms with E-state index in [-0.39, 0.29) is 0 Å². The molecule has 4 N–H and O–H groups in total. The van der Waals surface area contributed by atoms with Crippen LogP contribution in [0.3, 0.4) is 0 Å². The Morgan fingerprint density at radius 3 is 0.765 bits per heavy atom. The van der Waals surface area contributed by atoms with Crippen LogP contribution in [0.2, 0.25) is 0 Å². The molecule has 6 aromatic heterocycles. The molecule has 11 heterocycles. The maximum absolute atomic E-state index is 6.94. The Morgan fingerprint density at radius 1 is 0.221 bits per heavy atom. The van der Waals surface area contributed by atoms with Gasteiger partial charge in [0.2, 0.25) is 0 Å². The van der Waals surface area contributed by atoms with Gasteiger partial charge in [0.05, 0.1) is 98.4 Å². The number of unbranched alkanes of at least 4 members (excludes halogenated alkanes) is 30. The lowest BCUT2D eigenvalue weighted by atomic mass is 10.0. The van der Waals surface area contributed by atoms with Gasteiger partial charge in [0.15, 0.2) is 0 Å². The van der Waals surface area contributed by atoms with Crippen LogP contribution in [0.1, 0.15) is 357 Å². The lowest BCUT2D eigenvalue weighted by Gasteiger charge is -2.14. The number of hydrogen-bond acceptors (Lipinski definition) is 12. The third kappa shape index (κ3) is 28.6. The van der Waals surface area contributed by atoms with Gasteiger partial charge in [0, 0.05) is 102 Å². The average molecular weight is 1830 g/mol. The van der Waals surface area contributed by atoms with Crippen molar-refractivity contribution in [1.29, 1.82) is 0 Å². The second kappa shape index (κ2) is 53.3.